The molecule has 0 aromatic carbocycles. The van der Waals surface area contributed by atoms with Gasteiger partial charge in [0.15, 0.2) is 5.82 Å². The fraction of sp³-hybridized carbons (Fsp3) is 0.667. The third kappa shape index (κ3) is 2.58. The predicted molar refractivity (Wildman–Crippen MR) is 54.5 cm³/mol. The summed E-state index contributed by atoms with van der Waals surface area (Å²) in [5.74, 6) is -1.79. The number of carboxylic acid groups (broad SMARTS) is 1. The molecule has 1 aromatic rings. The zero-order valence-corrected chi connectivity index (χ0v) is 9.09. The largest absolute Gasteiger partial charge is 0.481 e. The van der Waals surface area contributed by atoms with Crippen LogP contribution in [0.5, 0.6) is 0 Å². The third-order valence-electron chi connectivity index (χ3n) is 2.98. The molecule has 1 fully saturated rings. The van der Waals surface area contributed by atoms with Crippen LogP contribution in [-0.4, -0.2) is 37.6 Å². The number of hydrogen-bond donors (Lipinski definition) is 3. The zero-order valence-electron chi connectivity index (χ0n) is 9.09. The Morgan fingerprint density at radius 1 is 1.41 bits per heavy atom. The van der Waals surface area contributed by atoms with Gasteiger partial charge in [-0.1, -0.05) is 11.6 Å². The van der Waals surface area contributed by atoms with E-state index in [0.29, 0.717) is 18.7 Å². The van der Waals surface area contributed by atoms with Crippen LogP contribution in [0.15, 0.2) is 0 Å². The van der Waals surface area contributed by atoms with Gasteiger partial charge in [0, 0.05) is 0 Å². The Labute approximate surface area is 96.8 Å². The number of carbonyl (C=O) groups is 2. The molecule has 0 saturated heterocycles. The number of hydrogen-bond acceptors (Lipinski definition) is 5. The number of nitrogens with zero attached hydrogens (tertiary/aromatic N) is 3. The molecule has 1 aliphatic carbocycles. The smallest absolute Gasteiger partial charge is 0.307 e. The highest BCUT2D eigenvalue weighted by Crippen LogP contribution is 2.31. The summed E-state index contributed by atoms with van der Waals surface area (Å²) in [6.45, 7) is 0.165. The van der Waals surface area contributed by atoms with E-state index in [2.05, 4.69) is 25.9 Å². The Morgan fingerprint density at radius 3 is 2.82 bits per heavy atom. The summed E-state index contributed by atoms with van der Waals surface area (Å²) < 4.78 is 0. The lowest BCUT2D eigenvalue weighted by Crippen LogP contribution is -2.35. The molecule has 2 rings (SSSR count). The van der Waals surface area contributed by atoms with Gasteiger partial charge in [0.1, 0.15) is 0 Å². The number of carboxylic acids is 1. The van der Waals surface area contributed by atoms with E-state index in [1.807, 2.05) is 0 Å². The molecule has 17 heavy (non-hydrogen) atoms. The van der Waals surface area contributed by atoms with Crippen LogP contribution < -0.4 is 5.32 Å². The Morgan fingerprint density at radius 2 is 2.18 bits per heavy atom. The van der Waals surface area contributed by atoms with Crippen LogP contribution in [0.1, 0.15) is 25.1 Å². The second-order valence-electron chi connectivity index (χ2n) is 4.03. The highest BCUT2D eigenvalue weighted by molar-refractivity contribution is 5.85. The van der Waals surface area contributed by atoms with Gasteiger partial charge in [0.05, 0.1) is 18.4 Å². The van der Waals surface area contributed by atoms with E-state index in [1.165, 1.54) is 0 Å². The lowest BCUT2D eigenvalue weighted by Gasteiger charge is -2.14. The maximum atomic E-state index is 11.8. The van der Waals surface area contributed by atoms with Crippen LogP contribution in [0, 0.1) is 11.8 Å². The van der Waals surface area contributed by atoms with Gasteiger partial charge in [-0.15, -0.1) is 10.2 Å². The first-order valence-electron chi connectivity index (χ1n) is 5.41. The summed E-state index contributed by atoms with van der Waals surface area (Å²) in [7, 11) is 0. The minimum Gasteiger partial charge on any atom is -0.481 e. The normalized spacial score (nSPS) is 23.5. The molecular weight excluding hydrogens is 226 g/mol. The monoisotopic (exact) mass is 239 g/mol. The van der Waals surface area contributed by atoms with E-state index in [0.717, 1.165) is 6.42 Å². The SMILES string of the molecule is O=C(O)[C@H]1CCC[C@H]1C(=O)NCc1nn[nH]n1. The van der Waals surface area contributed by atoms with Gasteiger partial charge >= 0.3 is 5.97 Å². The van der Waals surface area contributed by atoms with Gasteiger partial charge in [-0.25, -0.2) is 0 Å². The van der Waals surface area contributed by atoms with Crippen molar-refractivity contribution in [3.05, 3.63) is 5.82 Å². The van der Waals surface area contributed by atoms with Crippen LogP contribution >= 0.6 is 0 Å². The predicted octanol–water partition coefficient (Wildman–Crippen LogP) is -0.683. The van der Waals surface area contributed by atoms with Gasteiger partial charge in [-0.05, 0) is 12.8 Å². The molecule has 1 aliphatic rings. The number of rotatable bonds is 4. The molecule has 8 nitrogen and oxygen atoms in total. The van der Waals surface area contributed by atoms with Crippen molar-refractivity contribution in [1.29, 1.82) is 0 Å². The number of carbonyl (C=O) groups excluding carboxylic acids is 1. The number of H-pyrrole nitrogens is 1. The Bertz CT molecular complexity index is 405. The lowest BCUT2D eigenvalue weighted by molar-refractivity contribution is -0.146. The van der Waals surface area contributed by atoms with E-state index >= 15 is 0 Å². The van der Waals surface area contributed by atoms with Gasteiger partial charge in [-0.3, -0.25) is 9.59 Å². The van der Waals surface area contributed by atoms with E-state index in [-0.39, 0.29) is 12.5 Å². The molecule has 1 heterocycles. The highest BCUT2D eigenvalue weighted by atomic mass is 16.4. The average molecular weight is 239 g/mol. The first kappa shape index (κ1) is 11.5. The summed E-state index contributed by atoms with van der Waals surface area (Å²) in [4.78, 5) is 22.7. The van der Waals surface area contributed by atoms with Crippen molar-refractivity contribution in [3.8, 4) is 0 Å². The lowest BCUT2D eigenvalue weighted by atomic mass is 9.95. The molecule has 3 N–H and O–H groups in total. The Balaban J connectivity index is 1.89. The van der Waals surface area contributed by atoms with Crippen LogP contribution in [0.3, 0.4) is 0 Å². The molecule has 0 bridgehead atoms. The van der Waals surface area contributed by atoms with Crippen molar-refractivity contribution in [1.82, 2.24) is 25.9 Å². The third-order valence-corrected chi connectivity index (χ3v) is 2.98. The van der Waals surface area contributed by atoms with Crippen LogP contribution in [0.2, 0.25) is 0 Å². The minimum atomic E-state index is -0.901. The van der Waals surface area contributed by atoms with Crippen LogP contribution in [0.4, 0.5) is 0 Å². The number of amides is 1. The van der Waals surface area contributed by atoms with E-state index < -0.39 is 17.8 Å². The van der Waals surface area contributed by atoms with Crippen molar-refractivity contribution >= 4 is 11.9 Å². The summed E-state index contributed by atoms with van der Waals surface area (Å²) in [5, 5.41) is 24.6. The average Bonchev–Trinajstić information content (AvgIpc) is 2.96. The summed E-state index contributed by atoms with van der Waals surface area (Å²) >= 11 is 0. The second-order valence-corrected chi connectivity index (χ2v) is 4.03. The molecule has 92 valence electrons. The summed E-state index contributed by atoms with van der Waals surface area (Å²) in [6.07, 6.45) is 1.96. The molecule has 8 heteroatoms. The summed E-state index contributed by atoms with van der Waals surface area (Å²) in [5.41, 5.74) is 0. The molecule has 0 unspecified atom stereocenters. The zero-order chi connectivity index (χ0) is 12.3. The van der Waals surface area contributed by atoms with Crippen molar-refractivity contribution in [3.63, 3.8) is 0 Å². The van der Waals surface area contributed by atoms with Gasteiger partial charge < -0.3 is 10.4 Å². The molecule has 1 saturated carbocycles. The van der Waals surface area contributed by atoms with Crippen molar-refractivity contribution in [2.24, 2.45) is 11.8 Å². The Kier molecular flexibility index (Phi) is 3.31. The van der Waals surface area contributed by atoms with Crippen LogP contribution in [0.25, 0.3) is 0 Å². The van der Waals surface area contributed by atoms with Gasteiger partial charge in [0.2, 0.25) is 5.91 Å². The molecular formula is C9H13N5O3. The molecule has 1 amide bonds. The number of aliphatic carboxylic acids is 1. The molecule has 0 spiro atoms. The Hall–Kier alpha value is -1.99. The second kappa shape index (κ2) is 4.89. The molecule has 1 aromatic heterocycles. The fourth-order valence-corrected chi connectivity index (χ4v) is 2.12. The number of nitrogens with one attached hydrogen (secondary N) is 2. The molecule has 0 radical (unpaired) electrons. The van der Waals surface area contributed by atoms with E-state index in [9.17, 15) is 9.59 Å². The minimum absolute atomic E-state index is 0.165. The first-order valence-corrected chi connectivity index (χ1v) is 5.41. The molecule has 2 atom stereocenters. The van der Waals surface area contributed by atoms with Crippen molar-refractivity contribution < 1.29 is 14.7 Å². The van der Waals surface area contributed by atoms with E-state index in [1.54, 1.807) is 0 Å². The first-order chi connectivity index (χ1) is 8.18. The van der Waals surface area contributed by atoms with Gasteiger partial charge in [0.25, 0.3) is 0 Å². The van der Waals surface area contributed by atoms with E-state index in [4.69, 9.17) is 5.11 Å². The number of aromatic amines is 1. The maximum Gasteiger partial charge on any atom is 0.307 e. The van der Waals surface area contributed by atoms with Crippen LogP contribution in [-0.2, 0) is 16.1 Å². The standard InChI is InChI=1S/C9H13N5O3/c15-8(10-4-7-11-13-14-12-7)5-2-1-3-6(5)9(16)17/h5-6H,1-4H2,(H,10,15)(H,16,17)(H,11,12,13,14)/t5-,6+/m1/s1. The van der Waals surface area contributed by atoms with Crippen molar-refractivity contribution in [2.45, 2.75) is 25.8 Å². The van der Waals surface area contributed by atoms with Gasteiger partial charge in [-0.2, -0.15) is 5.21 Å². The topological polar surface area (TPSA) is 121 Å². The quantitative estimate of drug-likeness (QED) is 0.640. The number of tetrazole rings is 1. The van der Waals surface area contributed by atoms with Crippen molar-refractivity contribution in [2.75, 3.05) is 0 Å². The number of aromatic nitrogens is 4. The highest BCUT2D eigenvalue weighted by Gasteiger charge is 2.37. The maximum absolute atomic E-state index is 11.8. The fourth-order valence-electron chi connectivity index (χ4n) is 2.12. The molecule has 0 aliphatic heterocycles. The summed E-state index contributed by atoms with van der Waals surface area (Å²) in [6, 6.07) is 0.